The largest absolute Gasteiger partial charge is 0.388 e. The third-order valence-electron chi connectivity index (χ3n) is 6.63. The van der Waals surface area contributed by atoms with Gasteiger partial charge in [0.25, 0.3) is 0 Å². The maximum atomic E-state index is 11.2. The van der Waals surface area contributed by atoms with Crippen molar-refractivity contribution in [1.29, 1.82) is 0 Å². The Hall–Kier alpha value is -1.06. The molecule has 5 rings (SSSR count). The fraction of sp³-hybridized carbons (Fsp3) is 0.611. The van der Waals surface area contributed by atoms with Gasteiger partial charge in [-0.05, 0) is 56.1 Å². The molecule has 3 saturated carbocycles. The van der Waals surface area contributed by atoms with E-state index in [2.05, 4.69) is 17.1 Å². The Morgan fingerprint density at radius 1 is 1.23 bits per heavy atom. The number of aromatic nitrogens is 2. The van der Waals surface area contributed by atoms with Gasteiger partial charge in [-0.2, -0.15) is 5.10 Å². The van der Waals surface area contributed by atoms with Crippen LogP contribution in [0.5, 0.6) is 0 Å². The molecule has 22 heavy (non-hydrogen) atoms. The minimum absolute atomic E-state index is 0.0274. The summed E-state index contributed by atoms with van der Waals surface area (Å²) in [5, 5.41) is 20.0. The van der Waals surface area contributed by atoms with E-state index in [0.717, 1.165) is 35.7 Å². The van der Waals surface area contributed by atoms with Crippen molar-refractivity contribution < 1.29 is 5.11 Å². The van der Waals surface area contributed by atoms with Gasteiger partial charge in [-0.15, -0.1) is 0 Å². The van der Waals surface area contributed by atoms with Crippen LogP contribution in [0, 0.1) is 10.8 Å². The van der Waals surface area contributed by atoms with Gasteiger partial charge in [0.2, 0.25) is 0 Å². The van der Waals surface area contributed by atoms with E-state index in [1.165, 1.54) is 25.7 Å². The van der Waals surface area contributed by atoms with Crippen LogP contribution in [0.2, 0.25) is 5.02 Å². The molecule has 0 spiro atoms. The molecule has 2 N–H and O–H groups in total. The van der Waals surface area contributed by atoms with Crippen molar-refractivity contribution in [1.82, 2.24) is 10.2 Å². The number of rotatable bonds is 3. The zero-order valence-electron chi connectivity index (χ0n) is 13.0. The SMILES string of the molecule is CCC12CCC(C(O)c3cc(Cl)cc4cn[nH]c34)(CC1)CC2. The molecule has 2 bridgehead atoms. The normalized spacial score (nSPS) is 32.5. The number of hydrogen-bond donors (Lipinski definition) is 2. The smallest absolute Gasteiger partial charge is 0.0867 e. The van der Waals surface area contributed by atoms with E-state index in [1.54, 1.807) is 6.20 Å². The molecule has 0 aliphatic heterocycles. The quantitative estimate of drug-likeness (QED) is 0.836. The monoisotopic (exact) mass is 318 g/mol. The molecule has 1 atom stereocenters. The first-order valence-corrected chi connectivity index (χ1v) is 8.76. The topological polar surface area (TPSA) is 48.9 Å². The number of aromatic amines is 1. The molecule has 0 amide bonds. The Kier molecular flexibility index (Phi) is 3.28. The second-order valence-corrected chi connectivity index (χ2v) is 7.88. The molecule has 118 valence electrons. The van der Waals surface area contributed by atoms with Crippen molar-refractivity contribution >= 4 is 22.5 Å². The molecule has 0 saturated heterocycles. The molecular formula is C18H23ClN2O. The van der Waals surface area contributed by atoms with Gasteiger partial charge in [-0.25, -0.2) is 0 Å². The van der Waals surface area contributed by atoms with Crippen LogP contribution in [0.3, 0.4) is 0 Å². The fourth-order valence-corrected chi connectivity index (χ4v) is 5.06. The van der Waals surface area contributed by atoms with E-state index < -0.39 is 6.10 Å². The molecular weight excluding hydrogens is 296 g/mol. The number of halogens is 1. The molecule has 3 nitrogen and oxygen atoms in total. The minimum atomic E-state index is -0.454. The van der Waals surface area contributed by atoms with Crippen molar-refractivity contribution in [2.75, 3.05) is 0 Å². The maximum absolute atomic E-state index is 11.2. The predicted molar refractivity (Wildman–Crippen MR) is 88.9 cm³/mol. The number of fused-ring (bicyclic) bond motifs is 4. The van der Waals surface area contributed by atoms with E-state index >= 15 is 0 Å². The number of hydrogen-bond acceptors (Lipinski definition) is 2. The highest BCUT2D eigenvalue weighted by atomic mass is 35.5. The van der Waals surface area contributed by atoms with Crippen LogP contribution >= 0.6 is 11.6 Å². The summed E-state index contributed by atoms with van der Waals surface area (Å²) >= 11 is 6.25. The van der Waals surface area contributed by atoms with Gasteiger partial charge < -0.3 is 5.11 Å². The van der Waals surface area contributed by atoms with Crippen LogP contribution in [0.1, 0.15) is 63.5 Å². The van der Waals surface area contributed by atoms with Crippen LogP contribution < -0.4 is 0 Å². The Morgan fingerprint density at radius 3 is 2.55 bits per heavy atom. The Labute approximate surface area is 136 Å². The van der Waals surface area contributed by atoms with Crippen LogP contribution in [0.15, 0.2) is 18.3 Å². The highest BCUT2D eigenvalue weighted by Crippen LogP contribution is 2.62. The molecule has 1 heterocycles. The molecule has 0 radical (unpaired) electrons. The summed E-state index contributed by atoms with van der Waals surface area (Å²) in [6.07, 6.45) is 9.76. The molecule has 3 fully saturated rings. The Balaban J connectivity index is 1.72. The van der Waals surface area contributed by atoms with Gasteiger partial charge in [-0.1, -0.05) is 24.9 Å². The second kappa shape index (κ2) is 4.97. The second-order valence-electron chi connectivity index (χ2n) is 7.45. The van der Waals surface area contributed by atoms with Gasteiger partial charge in [0.05, 0.1) is 17.8 Å². The van der Waals surface area contributed by atoms with Crippen LogP contribution in [-0.4, -0.2) is 15.3 Å². The van der Waals surface area contributed by atoms with Crippen LogP contribution in [0.25, 0.3) is 10.9 Å². The lowest BCUT2D eigenvalue weighted by atomic mass is 9.51. The van der Waals surface area contributed by atoms with E-state index in [0.29, 0.717) is 10.4 Å². The molecule has 2 aromatic rings. The molecule has 1 aromatic carbocycles. The van der Waals surface area contributed by atoms with E-state index in [-0.39, 0.29) is 5.41 Å². The summed E-state index contributed by atoms with van der Waals surface area (Å²) in [5.41, 5.74) is 2.44. The maximum Gasteiger partial charge on any atom is 0.0867 e. The van der Waals surface area contributed by atoms with Crippen LogP contribution in [-0.2, 0) is 0 Å². The van der Waals surface area contributed by atoms with Crippen molar-refractivity contribution in [2.45, 2.75) is 58.0 Å². The average Bonchev–Trinajstić information content (AvgIpc) is 3.03. The lowest BCUT2D eigenvalue weighted by Gasteiger charge is -2.55. The zero-order valence-corrected chi connectivity index (χ0v) is 13.8. The van der Waals surface area contributed by atoms with Gasteiger partial charge in [0.1, 0.15) is 0 Å². The summed E-state index contributed by atoms with van der Waals surface area (Å²) in [6.45, 7) is 2.32. The highest BCUT2D eigenvalue weighted by molar-refractivity contribution is 6.31. The third kappa shape index (κ3) is 2.02. The number of H-pyrrole nitrogens is 1. The molecule has 1 unspecified atom stereocenters. The first kappa shape index (κ1) is 14.5. The summed E-state index contributed by atoms with van der Waals surface area (Å²) < 4.78 is 0. The Bertz CT molecular complexity index is 684. The van der Waals surface area contributed by atoms with Gasteiger partial charge in [0, 0.05) is 21.4 Å². The van der Waals surface area contributed by atoms with Crippen molar-refractivity contribution in [2.24, 2.45) is 10.8 Å². The molecule has 4 heteroatoms. The number of nitrogens with one attached hydrogen (secondary N) is 1. The predicted octanol–water partition coefficient (Wildman–Crippen LogP) is 5.00. The molecule has 3 aliphatic carbocycles. The van der Waals surface area contributed by atoms with E-state index in [4.69, 9.17) is 11.6 Å². The minimum Gasteiger partial charge on any atom is -0.388 e. The summed E-state index contributed by atoms with van der Waals surface area (Å²) in [5.74, 6) is 0. The first-order valence-electron chi connectivity index (χ1n) is 8.38. The summed E-state index contributed by atoms with van der Waals surface area (Å²) in [7, 11) is 0. The zero-order chi connectivity index (χ0) is 15.4. The highest BCUT2D eigenvalue weighted by Gasteiger charge is 2.51. The number of benzene rings is 1. The van der Waals surface area contributed by atoms with Crippen molar-refractivity contribution in [3.05, 3.63) is 28.9 Å². The van der Waals surface area contributed by atoms with Gasteiger partial charge >= 0.3 is 0 Å². The Morgan fingerprint density at radius 2 is 1.91 bits per heavy atom. The van der Waals surface area contributed by atoms with Gasteiger partial charge in [0.15, 0.2) is 0 Å². The lowest BCUT2D eigenvalue weighted by molar-refractivity contribution is -0.0910. The summed E-state index contributed by atoms with van der Waals surface area (Å²) in [6, 6.07) is 3.82. The van der Waals surface area contributed by atoms with Crippen LogP contribution in [0.4, 0.5) is 0 Å². The van der Waals surface area contributed by atoms with Crippen molar-refractivity contribution in [3.8, 4) is 0 Å². The number of nitrogens with zero attached hydrogens (tertiary/aromatic N) is 1. The fourth-order valence-electron chi connectivity index (χ4n) is 4.83. The van der Waals surface area contributed by atoms with E-state index in [1.807, 2.05) is 12.1 Å². The summed E-state index contributed by atoms with van der Waals surface area (Å²) in [4.78, 5) is 0. The lowest BCUT2D eigenvalue weighted by Crippen LogP contribution is -2.44. The first-order chi connectivity index (χ1) is 10.6. The molecule has 3 aliphatic rings. The average molecular weight is 319 g/mol. The third-order valence-corrected chi connectivity index (χ3v) is 6.85. The van der Waals surface area contributed by atoms with Crippen molar-refractivity contribution in [3.63, 3.8) is 0 Å². The van der Waals surface area contributed by atoms with Gasteiger partial charge in [-0.3, -0.25) is 5.10 Å². The number of aliphatic hydroxyl groups excluding tert-OH is 1. The van der Waals surface area contributed by atoms with E-state index in [9.17, 15) is 5.11 Å². The molecule has 1 aromatic heterocycles. The standard InChI is InChI=1S/C18H23ClN2O/c1-2-17-3-6-18(7-4-17,8-5-17)16(22)14-10-13(19)9-12-11-20-21-15(12)14/h9-11,16,22H,2-8H2,1H3,(H,20,21). The number of aliphatic hydroxyl groups is 1.